The highest BCUT2D eigenvalue weighted by Crippen LogP contribution is 2.28. The highest BCUT2D eigenvalue weighted by atomic mass is 32.1. The molecule has 0 aliphatic carbocycles. The number of carbonyl (C=O) groups excluding carboxylic acids is 4. The Morgan fingerprint density at radius 1 is 1.17 bits per heavy atom. The van der Waals surface area contributed by atoms with Crippen LogP contribution < -0.4 is 10.6 Å². The van der Waals surface area contributed by atoms with Crippen molar-refractivity contribution in [2.24, 2.45) is 0 Å². The second-order valence-corrected chi connectivity index (χ2v) is 8.11. The molecule has 3 rings (SSSR count). The molecule has 0 radical (unpaired) electrons. The third-order valence-corrected chi connectivity index (χ3v) is 5.90. The van der Waals surface area contributed by atoms with Crippen molar-refractivity contribution in [1.82, 2.24) is 20.4 Å². The van der Waals surface area contributed by atoms with Crippen LogP contribution in [-0.4, -0.2) is 53.2 Å². The molecule has 1 aromatic heterocycles. The van der Waals surface area contributed by atoms with Crippen molar-refractivity contribution in [3.05, 3.63) is 58.3 Å². The van der Waals surface area contributed by atoms with Crippen molar-refractivity contribution in [3.63, 3.8) is 0 Å². The van der Waals surface area contributed by atoms with Gasteiger partial charge in [0.2, 0.25) is 11.8 Å². The Bertz CT molecular complexity index is 932. The zero-order valence-electron chi connectivity index (χ0n) is 16.9. The number of benzene rings is 1. The second kappa shape index (κ2) is 9.08. The first-order valence-corrected chi connectivity index (χ1v) is 10.5. The zero-order chi connectivity index (χ0) is 21.7. The topological polar surface area (TPSA) is 98.8 Å². The molecule has 0 unspecified atom stereocenters. The van der Waals surface area contributed by atoms with Gasteiger partial charge >= 0.3 is 6.03 Å². The summed E-state index contributed by atoms with van der Waals surface area (Å²) in [7, 11) is 0. The number of amides is 5. The van der Waals surface area contributed by atoms with Crippen LogP contribution in [0.15, 0.2) is 47.8 Å². The van der Waals surface area contributed by atoms with Gasteiger partial charge in [0.1, 0.15) is 12.1 Å². The number of hydrogen-bond acceptors (Lipinski definition) is 5. The van der Waals surface area contributed by atoms with Gasteiger partial charge in [-0.25, -0.2) is 4.79 Å². The molecule has 5 amide bonds. The summed E-state index contributed by atoms with van der Waals surface area (Å²) in [5.41, 5.74) is -0.591. The maximum atomic E-state index is 12.9. The van der Waals surface area contributed by atoms with Crippen molar-refractivity contribution >= 4 is 35.1 Å². The van der Waals surface area contributed by atoms with Crippen LogP contribution in [-0.2, 0) is 26.5 Å². The number of imide groups is 1. The lowest BCUT2D eigenvalue weighted by Crippen LogP contribution is -2.47. The van der Waals surface area contributed by atoms with Crippen LogP contribution in [0.4, 0.5) is 4.79 Å². The summed E-state index contributed by atoms with van der Waals surface area (Å²) in [6.07, 6.45) is 0. The quantitative estimate of drug-likeness (QED) is 0.625. The average Bonchev–Trinajstić information content (AvgIpc) is 3.34. The van der Waals surface area contributed by atoms with E-state index in [1.54, 1.807) is 38.1 Å². The molecule has 2 aromatic rings. The van der Waals surface area contributed by atoms with E-state index in [2.05, 4.69) is 10.6 Å². The van der Waals surface area contributed by atoms with E-state index in [-0.39, 0.29) is 19.0 Å². The molecule has 0 saturated carbocycles. The number of nitrogens with zero attached hydrogens (tertiary/aromatic N) is 2. The van der Waals surface area contributed by atoms with Gasteiger partial charge in [-0.1, -0.05) is 36.4 Å². The summed E-state index contributed by atoms with van der Waals surface area (Å²) in [6, 6.07) is 12.1. The minimum Gasteiger partial charge on any atom is -0.350 e. The van der Waals surface area contributed by atoms with Gasteiger partial charge in [-0.2, -0.15) is 0 Å². The van der Waals surface area contributed by atoms with E-state index in [4.69, 9.17) is 0 Å². The first kappa shape index (κ1) is 21.5. The second-order valence-electron chi connectivity index (χ2n) is 7.08. The summed E-state index contributed by atoms with van der Waals surface area (Å²) >= 11 is 1.53. The van der Waals surface area contributed by atoms with Crippen molar-refractivity contribution in [2.75, 3.05) is 19.6 Å². The third kappa shape index (κ3) is 4.51. The molecule has 1 aromatic carbocycles. The molecule has 158 valence electrons. The minimum absolute atomic E-state index is 0.139. The monoisotopic (exact) mass is 428 g/mol. The van der Waals surface area contributed by atoms with Gasteiger partial charge in [-0.05, 0) is 30.9 Å². The zero-order valence-corrected chi connectivity index (χ0v) is 17.7. The number of nitrogens with one attached hydrogen (secondary N) is 2. The van der Waals surface area contributed by atoms with E-state index in [0.717, 1.165) is 9.78 Å². The van der Waals surface area contributed by atoms with Gasteiger partial charge in [0.25, 0.3) is 5.91 Å². The molecule has 8 nitrogen and oxygen atoms in total. The van der Waals surface area contributed by atoms with Gasteiger partial charge in [-0.3, -0.25) is 19.3 Å². The first-order chi connectivity index (χ1) is 14.3. The molecule has 30 heavy (non-hydrogen) atoms. The standard InChI is InChI=1S/C21H24N4O4S/c1-3-24(13-17(26)22-12-16-10-7-11-30-16)18(27)14-25-19(28)21(2,23-20(25)29)15-8-5-4-6-9-15/h4-11H,3,12-14H2,1-2H3,(H,22,26)(H,23,29)/t21-/m1/s1. The fourth-order valence-corrected chi connectivity index (χ4v) is 3.89. The predicted molar refractivity (Wildman–Crippen MR) is 112 cm³/mol. The van der Waals surface area contributed by atoms with E-state index in [0.29, 0.717) is 12.1 Å². The summed E-state index contributed by atoms with van der Waals surface area (Å²) in [5, 5.41) is 7.36. The maximum Gasteiger partial charge on any atom is 0.325 e. The van der Waals surface area contributed by atoms with Gasteiger partial charge < -0.3 is 15.5 Å². The van der Waals surface area contributed by atoms with Crippen LogP contribution in [0, 0.1) is 0 Å². The molecular formula is C21H24N4O4S. The minimum atomic E-state index is -1.23. The SMILES string of the molecule is CCN(CC(=O)NCc1cccs1)C(=O)CN1C(=O)N[C@](C)(c2ccccc2)C1=O. The normalized spacial score (nSPS) is 18.3. The van der Waals surface area contributed by atoms with Crippen LogP contribution in [0.5, 0.6) is 0 Å². The molecule has 1 fully saturated rings. The number of thiophene rings is 1. The Kier molecular flexibility index (Phi) is 6.51. The first-order valence-electron chi connectivity index (χ1n) is 9.61. The van der Waals surface area contributed by atoms with Gasteiger partial charge in [0.05, 0.1) is 13.1 Å². The lowest BCUT2D eigenvalue weighted by atomic mass is 9.92. The van der Waals surface area contributed by atoms with Crippen molar-refractivity contribution in [2.45, 2.75) is 25.9 Å². The molecule has 1 aliphatic heterocycles. The smallest absolute Gasteiger partial charge is 0.325 e. The highest BCUT2D eigenvalue weighted by Gasteiger charge is 2.49. The van der Waals surface area contributed by atoms with Gasteiger partial charge in [0.15, 0.2) is 0 Å². The van der Waals surface area contributed by atoms with E-state index >= 15 is 0 Å². The predicted octanol–water partition coefficient (Wildman–Crippen LogP) is 1.68. The number of likely N-dealkylation sites (N-methyl/N-ethyl adjacent to an activating group) is 1. The molecule has 2 N–H and O–H groups in total. The fourth-order valence-electron chi connectivity index (χ4n) is 3.25. The molecule has 1 atom stereocenters. The highest BCUT2D eigenvalue weighted by molar-refractivity contribution is 7.09. The Hall–Kier alpha value is -3.20. The summed E-state index contributed by atoms with van der Waals surface area (Å²) < 4.78 is 0. The molecule has 1 aliphatic rings. The number of hydrogen-bond donors (Lipinski definition) is 2. The van der Waals surface area contributed by atoms with E-state index in [1.165, 1.54) is 16.2 Å². The molecule has 0 bridgehead atoms. The molecule has 9 heteroatoms. The lowest BCUT2D eigenvalue weighted by molar-refractivity contribution is -0.140. The van der Waals surface area contributed by atoms with Crippen molar-refractivity contribution in [3.8, 4) is 0 Å². The van der Waals surface area contributed by atoms with Crippen molar-refractivity contribution < 1.29 is 19.2 Å². The Morgan fingerprint density at radius 2 is 1.90 bits per heavy atom. The number of urea groups is 1. The van der Waals surface area contributed by atoms with Crippen LogP contribution >= 0.6 is 11.3 Å². The average molecular weight is 429 g/mol. The Labute approximate surface area is 178 Å². The fraction of sp³-hybridized carbons (Fsp3) is 0.333. The van der Waals surface area contributed by atoms with Gasteiger partial charge in [-0.15, -0.1) is 11.3 Å². The molecule has 2 heterocycles. The summed E-state index contributed by atoms with van der Waals surface area (Å²) in [4.78, 5) is 53.5. The Morgan fingerprint density at radius 3 is 2.53 bits per heavy atom. The third-order valence-electron chi connectivity index (χ3n) is 5.03. The van der Waals surface area contributed by atoms with E-state index in [1.807, 2.05) is 23.6 Å². The molecule has 0 spiro atoms. The van der Waals surface area contributed by atoms with Crippen LogP contribution in [0.25, 0.3) is 0 Å². The molecule has 1 saturated heterocycles. The van der Waals surface area contributed by atoms with Crippen LogP contribution in [0.3, 0.4) is 0 Å². The summed E-state index contributed by atoms with van der Waals surface area (Å²) in [5.74, 6) is -1.26. The van der Waals surface area contributed by atoms with E-state index < -0.39 is 29.9 Å². The maximum absolute atomic E-state index is 12.9. The largest absolute Gasteiger partial charge is 0.350 e. The molecular weight excluding hydrogens is 404 g/mol. The Balaban J connectivity index is 1.61. The summed E-state index contributed by atoms with van der Waals surface area (Å²) in [6.45, 7) is 3.47. The van der Waals surface area contributed by atoms with Crippen molar-refractivity contribution in [1.29, 1.82) is 0 Å². The lowest BCUT2D eigenvalue weighted by Gasteiger charge is -2.24. The van der Waals surface area contributed by atoms with E-state index in [9.17, 15) is 19.2 Å². The van der Waals surface area contributed by atoms with Gasteiger partial charge in [0, 0.05) is 11.4 Å². The van der Waals surface area contributed by atoms with Crippen LogP contribution in [0.1, 0.15) is 24.3 Å². The van der Waals surface area contributed by atoms with Crippen LogP contribution in [0.2, 0.25) is 0 Å². The number of carbonyl (C=O) groups is 4. The number of rotatable bonds is 8.